The SMILES string of the molecule is Cc1ccc(OCC(=O)N2CCC(CC(N)=O)CC2)cc1. The van der Waals surface area contributed by atoms with E-state index < -0.39 is 0 Å². The summed E-state index contributed by atoms with van der Waals surface area (Å²) in [6.07, 6.45) is 2.08. The molecular formula is C16H22N2O3. The Hall–Kier alpha value is -2.04. The van der Waals surface area contributed by atoms with E-state index in [1.54, 1.807) is 4.90 Å². The number of benzene rings is 1. The van der Waals surface area contributed by atoms with Crippen molar-refractivity contribution in [2.45, 2.75) is 26.2 Å². The molecule has 0 spiro atoms. The molecule has 21 heavy (non-hydrogen) atoms. The number of amides is 2. The fourth-order valence-corrected chi connectivity index (χ4v) is 2.54. The van der Waals surface area contributed by atoms with Crippen LogP contribution in [0.25, 0.3) is 0 Å². The lowest BCUT2D eigenvalue weighted by atomic mass is 9.93. The number of likely N-dealkylation sites (tertiary alicyclic amines) is 1. The smallest absolute Gasteiger partial charge is 0.260 e. The molecule has 0 bridgehead atoms. The van der Waals surface area contributed by atoms with E-state index >= 15 is 0 Å². The van der Waals surface area contributed by atoms with Gasteiger partial charge in [-0.25, -0.2) is 0 Å². The third kappa shape index (κ3) is 4.77. The molecule has 5 heteroatoms. The molecule has 0 aliphatic carbocycles. The molecule has 2 amide bonds. The van der Waals surface area contributed by atoms with Crippen molar-refractivity contribution in [1.82, 2.24) is 4.90 Å². The Kier molecular flexibility index (Phi) is 5.20. The Bertz CT molecular complexity index is 491. The van der Waals surface area contributed by atoms with Gasteiger partial charge in [0.25, 0.3) is 5.91 Å². The van der Waals surface area contributed by atoms with Gasteiger partial charge in [0.2, 0.25) is 5.91 Å². The van der Waals surface area contributed by atoms with Gasteiger partial charge in [-0.05, 0) is 37.8 Å². The van der Waals surface area contributed by atoms with Crippen LogP contribution in [-0.2, 0) is 9.59 Å². The second-order valence-electron chi connectivity index (χ2n) is 5.60. The van der Waals surface area contributed by atoms with Gasteiger partial charge in [-0.2, -0.15) is 0 Å². The van der Waals surface area contributed by atoms with Gasteiger partial charge in [-0.15, -0.1) is 0 Å². The standard InChI is InChI=1S/C16H22N2O3/c1-12-2-4-14(5-3-12)21-11-16(20)18-8-6-13(7-9-18)10-15(17)19/h2-5,13H,6-11H2,1H3,(H2,17,19). The fraction of sp³-hybridized carbons (Fsp3) is 0.500. The molecule has 1 aliphatic rings. The molecule has 1 aliphatic heterocycles. The normalized spacial score (nSPS) is 15.8. The first-order valence-electron chi connectivity index (χ1n) is 7.30. The average Bonchev–Trinajstić information content (AvgIpc) is 2.46. The Morgan fingerprint density at radius 3 is 2.43 bits per heavy atom. The van der Waals surface area contributed by atoms with Gasteiger partial charge in [0.1, 0.15) is 5.75 Å². The molecule has 0 atom stereocenters. The van der Waals surface area contributed by atoms with Crippen LogP contribution >= 0.6 is 0 Å². The van der Waals surface area contributed by atoms with Gasteiger partial charge in [0.05, 0.1) is 0 Å². The van der Waals surface area contributed by atoms with E-state index in [4.69, 9.17) is 10.5 Å². The van der Waals surface area contributed by atoms with Gasteiger partial charge in [-0.3, -0.25) is 9.59 Å². The van der Waals surface area contributed by atoms with Crippen molar-refractivity contribution in [3.63, 3.8) is 0 Å². The Morgan fingerprint density at radius 1 is 1.24 bits per heavy atom. The lowest BCUT2D eigenvalue weighted by Crippen LogP contribution is -2.41. The maximum Gasteiger partial charge on any atom is 0.260 e. The number of hydrogen-bond acceptors (Lipinski definition) is 3. The molecule has 0 radical (unpaired) electrons. The lowest BCUT2D eigenvalue weighted by molar-refractivity contribution is -0.134. The van der Waals surface area contributed by atoms with Crippen molar-refractivity contribution >= 4 is 11.8 Å². The quantitative estimate of drug-likeness (QED) is 0.893. The summed E-state index contributed by atoms with van der Waals surface area (Å²) in [5, 5.41) is 0. The van der Waals surface area contributed by atoms with E-state index in [2.05, 4.69) is 0 Å². The van der Waals surface area contributed by atoms with Gasteiger partial charge in [-0.1, -0.05) is 17.7 Å². The van der Waals surface area contributed by atoms with Crippen LogP contribution in [-0.4, -0.2) is 36.4 Å². The maximum atomic E-state index is 12.1. The molecule has 0 saturated carbocycles. The summed E-state index contributed by atoms with van der Waals surface area (Å²) in [6, 6.07) is 7.63. The first kappa shape index (κ1) is 15.4. The number of primary amides is 1. The fourth-order valence-electron chi connectivity index (χ4n) is 2.54. The molecule has 1 fully saturated rings. The molecule has 114 valence electrons. The van der Waals surface area contributed by atoms with Crippen molar-refractivity contribution in [3.05, 3.63) is 29.8 Å². The minimum absolute atomic E-state index is 0.00639. The highest BCUT2D eigenvalue weighted by atomic mass is 16.5. The van der Waals surface area contributed by atoms with Crippen molar-refractivity contribution in [3.8, 4) is 5.75 Å². The number of hydrogen-bond donors (Lipinski definition) is 1. The molecular weight excluding hydrogens is 268 g/mol. The number of piperidine rings is 1. The van der Waals surface area contributed by atoms with Crippen LogP contribution < -0.4 is 10.5 Å². The lowest BCUT2D eigenvalue weighted by Gasteiger charge is -2.31. The first-order chi connectivity index (χ1) is 10.0. The third-order valence-corrected chi connectivity index (χ3v) is 3.84. The highest BCUT2D eigenvalue weighted by Gasteiger charge is 2.23. The highest BCUT2D eigenvalue weighted by Crippen LogP contribution is 2.20. The van der Waals surface area contributed by atoms with Gasteiger partial charge in [0.15, 0.2) is 6.61 Å². The zero-order valence-electron chi connectivity index (χ0n) is 12.4. The third-order valence-electron chi connectivity index (χ3n) is 3.84. The summed E-state index contributed by atoms with van der Waals surface area (Å²) in [7, 11) is 0. The number of carbonyl (C=O) groups is 2. The second-order valence-corrected chi connectivity index (χ2v) is 5.60. The van der Waals surface area contributed by atoms with Gasteiger partial charge < -0.3 is 15.4 Å². The van der Waals surface area contributed by atoms with Crippen molar-refractivity contribution in [1.29, 1.82) is 0 Å². The first-order valence-corrected chi connectivity index (χ1v) is 7.30. The number of ether oxygens (including phenoxy) is 1. The van der Waals surface area contributed by atoms with Crippen LogP contribution in [0.2, 0.25) is 0 Å². The van der Waals surface area contributed by atoms with Crippen LogP contribution in [0.1, 0.15) is 24.8 Å². The number of nitrogens with two attached hydrogens (primary N) is 1. The van der Waals surface area contributed by atoms with E-state index in [0.717, 1.165) is 18.4 Å². The summed E-state index contributed by atoms with van der Waals surface area (Å²) in [6.45, 7) is 3.41. The van der Waals surface area contributed by atoms with E-state index in [1.807, 2.05) is 31.2 Å². The Morgan fingerprint density at radius 2 is 1.86 bits per heavy atom. The minimum atomic E-state index is -0.262. The van der Waals surface area contributed by atoms with E-state index in [9.17, 15) is 9.59 Å². The molecule has 0 unspecified atom stereocenters. The van der Waals surface area contributed by atoms with Crippen molar-refractivity contribution < 1.29 is 14.3 Å². The molecule has 1 saturated heterocycles. The zero-order valence-corrected chi connectivity index (χ0v) is 12.4. The summed E-state index contributed by atoms with van der Waals surface area (Å²) in [5.41, 5.74) is 6.36. The van der Waals surface area contributed by atoms with E-state index in [0.29, 0.717) is 31.2 Å². The topological polar surface area (TPSA) is 72.6 Å². The summed E-state index contributed by atoms with van der Waals surface area (Å²) >= 11 is 0. The minimum Gasteiger partial charge on any atom is -0.484 e. The molecule has 1 aromatic carbocycles. The molecule has 5 nitrogen and oxygen atoms in total. The second kappa shape index (κ2) is 7.11. The molecule has 1 heterocycles. The van der Waals surface area contributed by atoms with Gasteiger partial charge >= 0.3 is 0 Å². The van der Waals surface area contributed by atoms with E-state index in [1.165, 1.54) is 0 Å². The van der Waals surface area contributed by atoms with Crippen LogP contribution in [0.4, 0.5) is 0 Å². The molecule has 1 aromatic rings. The Balaban J connectivity index is 1.74. The van der Waals surface area contributed by atoms with E-state index in [-0.39, 0.29) is 18.4 Å². The maximum absolute atomic E-state index is 12.1. The number of rotatable bonds is 5. The summed E-state index contributed by atoms with van der Waals surface area (Å²) in [5.74, 6) is 0.748. The van der Waals surface area contributed by atoms with Crippen LogP contribution in [0.15, 0.2) is 24.3 Å². The predicted molar refractivity (Wildman–Crippen MR) is 79.8 cm³/mol. The number of carbonyl (C=O) groups excluding carboxylic acids is 2. The molecule has 0 aromatic heterocycles. The van der Waals surface area contributed by atoms with Gasteiger partial charge in [0, 0.05) is 19.5 Å². The molecule has 2 N–H and O–H groups in total. The molecule has 2 rings (SSSR count). The largest absolute Gasteiger partial charge is 0.484 e. The van der Waals surface area contributed by atoms with Crippen LogP contribution in [0.5, 0.6) is 5.75 Å². The monoisotopic (exact) mass is 290 g/mol. The van der Waals surface area contributed by atoms with Crippen molar-refractivity contribution in [2.75, 3.05) is 19.7 Å². The summed E-state index contributed by atoms with van der Waals surface area (Å²) < 4.78 is 5.50. The average molecular weight is 290 g/mol. The van der Waals surface area contributed by atoms with Crippen LogP contribution in [0, 0.1) is 12.8 Å². The van der Waals surface area contributed by atoms with Crippen LogP contribution in [0.3, 0.4) is 0 Å². The summed E-state index contributed by atoms with van der Waals surface area (Å²) in [4.78, 5) is 24.8. The van der Waals surface area contributed by atoms with Crippen molar-refractivity contribution in [2.24, 2.45) is 11.7 Å². The zero-order chi connectivity index (χ0) is 15.2. The Labute approximate surface area is 125 Å². The predicted octanol–water partition coefficient (Wildman–Crippen LogP) is 1.49. The number of aryl methyl sites for hydroxylation is 1. The highest BCUT2D eigenvalue weighted by molar-refractivity contribution is 5.78. The number of nitrogens with zero attached hydrogens (tertiary/aromatic N) is 1.